The lowest BCUT2D eigenvalue weighted by Gasteiger charge is -2.03. The van der Waals surface area contributed by atoms with Crippen LogP contribution in [-0.2, 0) is 0 Å². The van der Waals surface area contributed by atoms with Crippen molar-refractivity contribution in [2.45, 2.75) is 34.1 Å². The van der Waals surface area contributed by atoms with Crippen molar-refractivity contribution in [1.82, 2.24) is 0 Å². The Balaban J connectivity index is 4.09. The van der Waals surface area contributed by atoms with Gasteiger partial charge in [0.25, 0.3) is 0 Å². The van der Waals surface area contributed by atoms with Crippen LogP contribution in [0, 0.1) is 11.3 Å². The first-order valence-corrected chi connectivity index (χ1v) is 4.37. The Morgan fingerprint density at radius 3 is 2.58 bits per heavy atom. The van der Waals surface area contributed by atoms with Crippen molar-refractivity contribution < 1.29 is 0 Å². The van der Waals surface area contributed by atoms with E-state index in [0.29, 0.717) is 5.84 Å². The van der Waals surface area contributed by atoms with Crippen molar-refractivity contribution in [3.05, 3.63) is 11.6 Å². The van der Waals surface area contributed by atoms with Crippen LogP contribution >= 0.6 is 0 Å². The summed E-state index contributed by atoms with van der Waals surface area (Å²) >= 11 is 0. The molecule has 68 valence electrons. The molecule has 0 saturated heterocycles. The molecule has 0 spiro atoms. The minimum absolute atomic E-state index is 0.269. The summed E-state index contributed by atoms with van der Waals surface area (Å²) in [6.07, 6.45) is 4.70. The molecule has 0 aromatic rings. The molecule has 0 bridgehead atoms. The number of hydrogen-bond acceptors (Lipinski definition) is 1. The molecule has 0 amide bonds. The van der Waals surface area contributed by atoms with E-state index in [9.17, 15) is 0 Å². The Labute approximate surface area is 74.9 Å². The van der Waals surface area contributed by atoms with Gasteiger partial charge in [0.1, 0.15) is 5.84 Å². The van der Waals surface area contributed by atoms with Crippen LogP contribution in [0.5, 0.6) is 0 Å². The number of nitrogens with one attached hydrogen (secondary N) is 1. The zero-order chi connectivity index (χ0) is 9.56. The normalized spacial score (nSPS) is 15.2. The Morgan fingerprint density at radius 2 is 2.17 bits per heavy atom. The van der Waals surface area contributed by atoms with Gasteiger partial charge in [-0.2, -0.15) is 0 Å². The van der Waals surface area contributed by atoms with Crippen LogP contribution in [-0.4, -0.2) is 12.1 Å². The zero-order valence-corrected chi connectivity index (χ0v) is 8.39. The van der Waals surface area contributed by atoms with Gasteiger partial charge in [0.2, 0.25) is 0 Å². The Kier molecular flexibility index (Phi) is 5.26. The molecule has 0 aliphatic heterocycles. The quantitative estimate of drug-likeness (QED) is 0.494. The van der Waals surface area contributed by atoms with Gasteiger partial charge in [0.05, 0.1) is 0 Å². The Bertz CT molecular complexity index is 202. The highest BCUT2D eigenvalue weighted by Gasteiger charge is 2.02. The minimum Gasteiger partial charge on any atom is -0.286 e. The predicted molar refractivity (Wildman–Crippen MR) is 55.1 cm³/mol. The number of nitrogens with zero attached hydrogens (tertiary/aromatic N) is 1. The van der Waals surface area contributed by atoms with Crippen LogP contribution in [0.2, 0.25) is 0 Å². The highest BCUT2D eigenvalue weighted by Crippen LogP contribution is 2.03. The average molecular weight is 166 g/mol. The number of hydrogen-bond donors (Lipinski definition) is 1. The van der Waals surface area contributed by atoms with Gasteiger partial charge in [-0.15, -0.1) is 0 Å². The summed E-state index contributed by atoms with van der Waals surface area (Å²) in [5.41, 5.74) is 1.10. The second kappa shape index (κ2) is 5.70. The number of amidine groups is 1. The van der Waals surface area contributed by atoms with Crippen LogP contribution in [0.1, 0.15) is 34.1 Å². The SMILES string of the molecule is C/C=C(C)\C=N/C(=N)C(C)CC. The molecule has 0 rings (SSSR count). The number of allylic oxidation sites excluding steroid dienone is 2. The zero-order valence-electron chi connectivity index (χ0n) is 8.39. The van der Waals surface area contributed by atoms with Crippen LogP contribution in [0.15, 0.2) is 16.6 Å². The van der Waals surface area contributed by atoms with E-state index < -0.39 is 0 Å². The van der Waals surface area contributed by atoms with Crippen molar-refractivity contribution in [3.8, 4) is 0 Å². The summed E-state index contributed by atoms with van der Waals surface area (Å²) in [4.78, 5) is 4.06. The van der Waals surface area contributed by atoms with E-state index in [1.54, 1.807) is 6.21 Å². The lowest BCUT2D eigenvalue weighted by molar-refractivity contribution is 0.729. The van der Waals surface area contributed by atoms with Crippen LogP contribution in [0.4, 0.5) is 0 Å². The second-order valence-corrected chi connectivity index (χ2v) is 2.99. The van der Waals surface area contributed by atoms with Crippen molar-refractivity contribution >= 4 is 12.1 Å². The van der Waals surface area contributed by atoms with E-state index in [-0.39, 0.29) is 5.92 Å². The van der Waals surface area contributed by atoms with Crippen molar-refractivity contribution in [1.29, 1.82) is 5.41 Å². The van der Waals surface area contributed by atoms with Gasteiger partial charge in [-0.3, -0.25) is 5.41 Å². The summed E-state index contributed by atoms with van der Waals surface area (Å²) in [6.45, 7) is 8.03. The number of rotatable bonds is 3. The van der Waals surface area contributed by atoms with Crippen LogP contribution < -0.4 is 0 Å². The smallest absolute Gasteiger partial charge is 0.123 e. The van der Waals surface area contributed by atoms with Crippen LogP contribution in [0.25, 0.3) is 0 Å². The summed E-state index contributed by atoms with van der Waals surface area (Å²) in [6, 6.07) is 0. The van der Waals surface area contributed by atoms with Gasteiger partial charge in [-0.05, 0) is 25.8 Å². The van der Waals surface area contributed by atoms with Gasteiger partial charge in [0, 0.05) is 12.1 Å². The first kappa shape index (κ1) is 11.1. The largest absolute Gasteiger partial charge is 0.286 e. The van der Waals surface area contributed by atoms with E-state index >= 15 is 0 Å². The molecular weight excluding hydrogens is 148 g/mol. The lowest BCUT2D eigenvalue weighted by atomic mass is 10.1. The van der Waals surface area contributed by atoms with Gasteiger partial charge in [0.15, 0.2) is 0 Å². The van der Waals surface area contributed by atoms with Crippen LogP contribution in [0.3, 0.4) is 0 Å². The molecule has 0 aromatic carbocycles. The fourth-order valence-corrected chi connectivity index (χ4v) is 0.566. The first-order chi connectivity index (χ1) is 5.61. The van der Waals surface area contributed by atoms with Crippen molar-refractivity contribution in [3.63, 3.8) is 0 Å². The fourth-order valence-electron chi connectivity index (χ4n) is 0.566. The van der Waals surface area contributed by atoms with E-state index in [0.717, 1.165) is 12.0 Å². The summed E-state index contributed by atoms with van der Waals surface area (Å²) in [7, 11) is 0. The maximum atomic E-state index is 7.54. The second-order valence-electron chi connectivity index (χ2n) is 2.99. The minimum atomic E-state index is 0.269. The predicted octanol–water partition coefficient (Wildman–Crippen LogP) is 3.05. The third kappa shape index (κ3) is 4.06. The monoisotopic (exact) mass is 166 g/mol. The molecule has 0 aromatic heterocycles. The topological polar surface area (TPSA) is 36.2 Å². The number of aliphatic imine (C=N–C) groups is 1. The van der Waals surface area contributed by atoms with Gasteiger partial charge in [-0.1, -0.05) is 19.9 Å². The highest BCUT2D eigenvalue weighted by atomic mass is 14.8. The molecule has 12 heavy (non-hydrogen) atoms. The first-order valence-electron chi connectivity index (χ1n) is 4.37. The molecule has 0 aliphatic rings. The van der Waals surface area contributed by atoms with Gasteiger partial charge >= 0.3 is 0 Å². The molecule has 0 heterocycles. The summed E-state index contributed by atoms with van der Waals surface area (Å²) < 4.78 is 0. The molecule has 2 nitrogen and oxygen atoms in total. The molecule has 2 heteroatoms. The highest BCUT2D eigenvalue weighted by molar-refractivity contribution is 5.93. The van der Waals surface area contributed by atoms with Crippen molar-refractivity contribution in [2.24, 2.45) is 10.9 Å². The summed E-state index contributed by atoms with van der Waals surface area (Å²) in [5, 5.41) is 7.54. The molecule has 1 atom stereocenters. The molecule has 0 saturated carbocycles. The Morgan fingerprint density at radius 1 is 1.58 bits per heavy atom. The standard InChI is InChI=1S/C10H18N2/c1-5-8(3)7-12-10(11)9(4)6-2/h5,7,9,11H,6H2,1-4H3/b8-5-,11-10?,12-7-. The molecular formula is C10H18N2. The molecule has 0 aliphatic carbocycles. The van der Waals surface area contributed by atoms with E-state index in [4.69, 9.17) is 5.41 Å². The van der Waals surface area contributed by atoms with Gasteiger partial charge in [-0.25, -0.2) is 4.99 Å². The summed E-state index contributed by atoms with van der Waals surface area (Å²) in [5.74, 6) is 0.740. The molecule has 1 unspecified atom stereocenters. The lowest BCUT2D eigenvalue weighted by Crippen LogP contribution is -2.05. The Hall–Kier alpha value is -0.920. The van der Waals surface area contributed by atoms with Crippen molar-refractivity contribution in [2.75, 3.05) is 0 Å². The van der Waals surface area contributed by atoms with E-state index in [2.05, 4.69) is 11.9 Å². The molecule has 0 fully saturated rings. The van der Waals surface area contributed by atoms with Gasteiger partial charge < -0.3 is 0 Å². The molecule has 1 N–H and O–H groups in total. The molecule has 0 radical (unpaired) electrons. The fraction of sp³-hybridized carbons (Fsp3) is 0.600. The maximum Gasteiger partial charge on any atom is 0.123 e. The average Bonchev–Trinajstić information content (AvgIpc) is 2.11. The maximum absolute atomic E-state index is 7.54. The van der Waals surface area contributed by atoms with E-state index in [1.165, 1.54) is 0 Å². The third-order valence-corrected chi connectivity index (χ3v) is 1.94. The third-order valence-electron chi connectivity index (χ3n) is 1.94. The van der Waals surface area contributed by atoms with E-state index in [1.807, 2.05) is 26.8 Å².